The standard InChI is InChI=1S/C16H26N2O3/c1-5-7-12-18(11-6-2)16(19)17-15-13(20-3)9-8-10-14(15)21-4/h8-10H,5-7,11-12H2,1-4H3,(H,17,19). The highest BCUT2D eigenvalue weighted by Gasteiger charge is 2.17. The first kappa shape index (κ1) is 17.1. The molecular weight excluding hydrogens is 268 g/mol. The molecular formula is C16H26N2O3. The van der Waals surface area contributed by atoms with E-state index in [2.05, 4.69) is 19.2 Å². The van der Waals surface area contributed by atoms with E-state index in [4.69, 9.17) is 9.47 Å². The SMILES string of the molecule is CCCCN(CCC)C(=O)Nc1c(OC)cccc1OC. The number of carbonyl (C=O) groups is 1. The molecule has 0 radical (unpaired) electrons. The van der Waals surface area contributed by atoms with Gasteiger partial charge in [0.2, 0.25) is 0 Å². The molecule has 0 aliphatic carbocycles. The second-order valence-corrected chi connectivity index (χ2v) is 4.81. The van der Waals surface area contributed by atoms with Gasteiger partial charge in [-0.1, -0.05) is 26.3 Å². The number of anilines is 1. The maximum absolute atomic E-state index is 12.4. The molecule has 0 atom stereocenters. The smallest absolute Gasteiger partial charge is 0.322 e. The molecule has 21 heavy (non-hydrogen) atoms. The number of urea groups is 1. The number of para-hydroxylation sites is 1. The lowest BCUT2D eigenvalue weighted by molar-refractivity contribution is 0.210. The monoisotopic (exact) mass is 294 g/mol. The van der Waals surface area contributed by atoms with Crippen molar-refractivity contribution >= 4 is 11.7 Å². The Morgan fingerprint density at radius 1 is 1.10 bits per heavy atom. The lowest BCUT2D eigenvalue weighted by atomic mass is 10.2. The second-order valence-electron chi connectivity index (χ2n) is 4.81. The fraction of sp³-hybridized carbons (Fsp3) is 0.562. The molecule has 0 heterocycles. The summed E-state index contributed by atoms with van der Waals surface area (Å²) in [7, 11) is 3.15. The van der Waals surface area contributed by atoms with E-state index in [-0.39, 0.29) is 6.03 Å². The first-order valence-corrected chi connectivity index (χ1v) is 7.44. The highest BCUT2D eigenvalue weighted by Crippen LogP contribution is 2.34. The summed E-state index contributed by atoms with van der Waals surface area (Å²) in [5.74, 6) is 1.18. The van der Waals surface area contributed by atoms with Gasteiger partial charge < -0.3 is 19.7 Å². The molecule has 0 bridgehead atoms. The van der Waals surface area contributed by atoms with Crippen LogP contribution in [0.4, 0.5) is 10.5 Å². The quantitative estimate of drug-likeness (QED) is 0.794. The number of amides is 2. The molecule has 5 nitrogen and oxygen atoms in total. The molecule has 0 aliphatic heterocycles. The van der Waals surface area contributed by atoms with Crippen LogP contribution >= 0.6 is 0 Å². The summed E-state index contributed by atoms with van der Waals surface area (Å²) in [6, 6.07) is 5.31. The molecule has 0 saturated carbocycles. The van der Waals surface area contributed by atoms with E-state index in [1.807, 2.05) is 11.0 Å². The number of rotatable bonds is 8. The topological polar surface area (TPSA) is 50.8 Å². The van der Waals surface area contributed by atoms with Crippen LogP contribution in [-0.2, 0) is 0 Å². The Labute approximate surface area is 127 Å². The zero-order valence-corrected chi connectivity index (χ0v) is 13.4. The molecule has 0 fully saturated rings. The average Bonchev–Trinajstić information content (AvgIpc) is 2.51. The van der Waals surface area contributed by atoms with Crippen molar-refractivity contribution < 1.29 is 14.3 Å². The van der Waals surface area contributed by atoms with Gasteiger partial charge in [-0.3, -0.25) is 0 Å². The Balaban J connectivity index is 2.89. The summed E-state index contributed by atoms with van der Waals surface area (Å²) in [4.78, 5) is 14.3. The van der Waals surface area contributed by atoms with Crippen molar-refractivity contribution in [2.24, 2.45) is 0 Å². The van der Waals surface area contributed by atoms with Gasteiger partial charge in [-0.15, -0.1) is 0 Å². The number of ether oxygens (including phenoxy) is 2. The van der Waals surface area contributed by atoms with Crippen molar-refractivity contribution in [3.63, 3.8) is 0 Å². The number of methoxy groups -OCH3 is 2. The Hall–Kier alpha value is -1.91. The third-order valence-corrected chi connectivity index (χ3v) is 3.22. The molecule has 0 aliphatic rings. The van der Waals surface area contributed by atoms with Crippen molar-refractivity contribution in [2.45, 2.75) is 33.1 Å². The first-order valence-electron chi connectivity index (χ1n) is 7.44. The molecule has 5 heteroatoms. The maximum atomic E-state index is 12.4. The lowest BCUT2D eigenvalue weighted by Gasteiger charge is -2.23. The zero-order chi connectivity index (χ0) is 15.7. The molecule has 2 amide bonds. The third kappa shape index (κ3) is 4.85. The number of nitrogens with zero attached hydrogens (tertiary/aromatic N) is 1. The third-order valence-electron chi connectivity index (χ3n) is 3.22. The van der Waals surface area contributed by atoms with Crippen LogP contribution in [0.1, 0.15) is 33.1 Å². The summed E-state index contributed by atoms with van der Waals surface area (Å²) in [5, 5.41) is 2.91. The zero-order valence-electron chi connectivity index (χ0n) is 13.4. The van der Waals surface area contributed by atoms with E-state index in [9.17, 15) is 4.79 Å². The highest BCUT2D eigenvalue weighted by atomic mass is 16.5. The maximum Gasteiger partial charge on any atom is 0.322 e. The van der Waals surface area contributed by atoms with Crippen LogP contribution in [0.25, 0.3) is 0 Å². The van der Waals surface area contributed by atoms with Crippen molar-refractivity contribution in [3.8, 4) is 11.5 Å². The summed E-state index contributed by atoms with van der Waals surface area (Å²) < 4.78 is 10.6. The van der Waals surface area contributed by atoms with Gasteiger partial charge in [-0.05, 0) is 25.0 Å². The van der Waals surface area contributed by atoms with E-state index in [1.165, 1.54) is 0 Å². The van der Waals surface area contributed by atoms with E-state index in [0.29, 0.717) is 17.2 Å². The minimum absolute atomic E-state index is 0.117. The van der Waals surface area contributed by atoms with Gasteiger partial charge in [0.05, 0.1) is 14.2 Å². The number of nitrogens with one attached hydrogen (secondary N) is 1. The molecule has 0 unspecified atom stereocenters. The van der Waals surface area contributed by atoms with Gasteiger partial charge in [0, 0.05) is 13.1 Å². The van der Waals surface area contributed by atoms with Crippen molar-refractivity contribution in [1.29, 1.82) is 0 Å². The summed E-state index contributed by atoms with van der Waals surface area (Å²) >= 11 is 0. The van der Waals surface area contributed by atoms with E-state index in [1.54, 1.807) is 26.4 Å². The van der Waals surface area contributed by atoms with Gasteiger partial charge >= 0.3 is 6.03 Å². The fourth-order valence-electron chi connectivity index (χ4n) is 2.09. The number of hydrogen-bond acceptors (Lipinski definition) is 3. The Morgan fingerprint density at radius 3 is 2.19 bits per heavy atom. The minimum atomic E-state index is -0.117. The van der Waals surface area contributed by atoms with Crippen LogP contribution in [0.2, 0.25) is 0 Å². The minimum Gasteiger partial charge on any atom is -0.494 e. The van der Waals surface area contributed by atoms with Gasteiger partial charge in [-0.2, -0.15) is 0 Å². The normalized spacial score (nSPS) is 10.1. The van der Waals surface area contributed by atoms with Gasteiger partial charge in [0.25, 0.3) is 0 Å². The van der Waals surface area contributed by atoms with Gasteiger partial charge in [0.1, 0.15) is 17.2 Å². The molecule has 0 spiro atoms. The van der Waals surface area contributed by atoms with Crippen LogP contribution in [0, 0.1) is 0 Å². The van der Waals surface area contributed by atoms with Crippen LogP contribution in [0.15, 0.2) is 18.2 Å². The van der Waals surface area contributed by atoms with Crippen LogP contribution < -0.4 is 14.8 Å². The van der Waals surface area contributed by atoms with E-state index >= 15 is 0 Å². The van der Waals surface area contributed by atoms with Crippen molar-refractivity contribution in [1.82, 2.24) is 4.90 Å². The number of hydrogen-bond donors (Lipinski definition) is 1. The van der Waals surface area contributed by atoms with E-state index < -0.39 is 0 Å². The summed E-state index contributed by atoms with van der Waals surface area (Å²) in [6.07, 6.45) is 2.99. The number of benzene rings is 1. The number of unbranched alkanes of at least 4 members (excludes halogenated alkanes) is 1. The molecule has 1 aromatic rings. The average molecular weight is 294 g/mol. The molecule has 0 saturated heterocycles. The molecule has 1 rings (SSSR count). The Morgan fingerprint density at radius 2 is 1.71 bits per heavy atom. The van der Waals surface area contributed by atoms with E-state index in [0.717, 1.165) is 32.4 Å². The second kappa shape index (κ2) is 9.10. The predicted molar refractivity (Wildman–Crippen MR) is 85.3 cm³/mol. The largest absolute Gasteiger partial charge is 0.494 e. The molecule has 0 aromatic heterocycles. The molecule has 1 aromatic carbocycles. The van der Waals surface area contributed by atoms with Gasteiger partial charge in [-0.25, -0.2) is 4.79 Å². The Kier molecular flexibility index (Phi) is 7.43. The molecule has 118 valence electrons. The summed E-state index contributed by atoms with van der Waals surface area (Å²) in [6.45, 7) is 5.68. The summed E-state index contributed by atoms with van der Waals surface area (Å²) in [5.41, 5.74) is 0.574. The fourth-order valence-corrected chi connectivity index (χ4v) is 2.09. The molecule has 1 N–H and O–H groups in total. The van der Waals surface area contributed by atoms with Crippen LogP contribution in [0.3, 0.4) is 0 Å². The van der Waals surface area contributed by atoms with Gasteiger partial charge in [0.15, 0.2) is 0 Å². The first-order chi connectivity index (χ1) is 10.2. The predicted octanol–water partition coefficient (Wildman–Crippen LogP) is 3.75. The van der Waals surface area contributed by atoms with Crippen molar-refractivity contribution in [3.05, 3.63) is 18.2 Å². The van der Waals surface area contributed by atoms with Crippen LogP contribution in [-0.4, -0.2) is 38.2 Å². The van der Waals surface area contributed by atoms with Crippen LogP contribution in [0.5, 0.6) is 11.5 Å². The number of carbonyl (C=O) groups excluding carboxylic acids is 1. The lowest BCUT2D eigenvalue weighted by Crippen LogP contribution is -2.36. The van der Waals surface area contributed by atoms with Crippen molar-refractivity contribution in [2.75, 3.05) is 32.6 Å². The highest BCUT2D eigenvalue weighted by molar-refractivity contribution is 5.93. The Bertz CT molecular complexity index is 427.